The fourth-order valence-corrected chi connectivity index (χ4v) is 2.51. The van der Waals surface area contributed by atoms with E-state index >= 15 is 0 Å². The number of aromatic hydroxyl groups is 1. The standard InChI is InChI=1S/C18H17NO2/c1-2-7-19-18(21)15-9-14-8-12-5-3-4-6-13(12)10-16(14)17(20)11-15/h3-6,8-11,20H,2,7H2,1H3,(H,19,21). The molecule has 0 fully saturated rings. The van der Waals surface area contributed by atoms with Gasteiger partial charge in [-0.1, -0.05) is 31.2 Å². The molecule has 0 saturated carbocycles. The molecule has 3 aromatic rings. The molecule has 0 spiro atoms. The Labute approximate surface area is 123 Å². The van der Waals surface area contributed by atoms with Gasteiger partial charge < -0.3 is 10.4 Å². The van der Waals surface area contributed by atoms with Gasteiger partial charge in [0.05, 0.1) is 0 Å². The van der Waals surface area contributed by atoms with Crippen LogP contribution in [0, 0.1) is 0 Å². The highest BCUT2D eigenvalue weighted by atomic mass is 16.3. The summed E-state index contributed by atoms with van der Waals surface area (Å²) >= 11 is 0. The van der Waals surface area contributed by atoms with E-state index in [1.165, 1.54) is 6.07 Å². The zero-order chi connectivity index (χ0) is 14.8. The number of phenolic OH excluding ortho intramolecular Hbond substituents is 1. The van der Waals surface area contributed by atoms with Crippen LogP contribution in [-0.2, 0) is 0 Å². The van der Waals surface area contributed by atoms with E-state index in [9.17, 15) is 9.90 Å². The Balaban J connectivity index is 2.14. The smallest absolute Gasteiger partial charge is 0.251 e. The Bertz CT molecular complexity index is 824. The van der Waals surface area contributed by atoms with E-state index in [4.69, 9.17) is 0 Å². The van der Waals surface area contributed by atoms with Crippen molar-refractivity contribution in [2.45, 2.75) is 13.3 Å². The van der Waals surface area contributed by atoms with Gasteiger partial charge in [-0.2, -0.15) is 0 Å². The van der Waals surface area contributed by atoms with E-state index in [2.05, 4.69) is 5.32 Å². The maximum absolute atomic E-state index is 12.0. The predicted molar refractivity (Wildman–Crippen MR) is 85.7 cm³/mol. The highest BCUT2D eigenvalue weighted by Crippen LogP contribution is 2.30. The molecule has 0 unspecified atom stereocenters. The first-order chi connectivity index (χ1) is 10.2. The number of carbonyl (C=O) groups is 1. The summed E-state index contributed by atoms with van der Waals surface area (Å²) in [5.74, 6) is -0.0119. The van der Waals surface area contributed by atoms with Gasteiger partial charge in [0.25, 0.3) is 5.91 Å². The predicted octanol–water partition coefficient (Wildman–Crippen LogP) is 3.84. The highest BCUT2D eigenvalue weighted by molar-refractivity contribution is 6.05. The summed E-state index contributed by atoms with van der Waals surface area (Å²) in [4.78, 5) is 12.0. The summed E-state index contributed by atoms with van der Waals surface area (Å²) < 4.78 is 0. The maximum atomic E-state index is 12.0. The van der Waals surface area contributed by atoms with Crippen molar-refractivity contribution in [1.29, 1.82) is 0 Å². The van der Waals surface area contributed by atoms with E-state index < -0.39 is 0 Å². The number of phenols is 1. The van der Waals surface area contributed by atoms with E-state index in [1.54, 1.807) is 0 Å². The second-order valence-electron chi connectivity index (χ2n) is 5.17. The first-order valence-corrected chi connectivity index (χ1v) is 7.13. The number of rotatable bonds is 3. The van der Waals surface area contributed by atoms with Crippen molar-refractivity contribution in [2.75, 3.05) is 6.54 Å². The van der Waals surface area contributed by atoms with Gasteiger partial charge in [-0.25, -0.2) is 0 Å². The van der Waals surface area contributed by atoms with Crippen LogP contribution in [0.3, 0.4) is 0 Å². The van der Waals surface area contributed by atoms with Gasteiger partial charge in [-0.15, -0.1) is 0 Å². The molecule has 106 valence electrons. The zero-order valence-corrected chi connectivity index (χ0v) is 11.9. The third-order valence-electron chi connectivity index (χ3n) is 3.59. The minimum absolute atomic E-state index is 0.139. The van der Waals surface area contributed by atoms with Crippen LogP contribution < -0.4 is 5.32 Å². The molecule has 0 aliphatic heterocycles. The second kappa shape index (κ2) is 5.44. The molecule has 3 nitrogen and oxygen atoms in total. The normalized spacial score (nSPS) is 10.9. The average Bonchev–Trinajstić information content (AvgIpc) is 2.50. The lowest BCUT2D eigenvalue weighted by atomic mass is 10.0. The SMILES string of the molecule is CCCNC(=O)c1cc(O)c2cc3ccccc3cc2c1. The number of benzene rings is 3. The summed E-state index contributed by atoms with van der Waals surface area (Å²) in [6, 6.07) is 15.3. The Morgan fingerprint density at radius 1 is 1.05 bits per heavy atom. The van der Waals surface area contributed by atoms with E-state index in [-0.39, 0.29) is 11.7 Å². The largest absolute Gasteiger partial charge is 0.507 e. The van der Waals surface area contributed by atoms with Gasteiger partial charge >= 0.3 is 0 Å². The molecule has 0 bridgehead atoms. The minimum Gasteiger partial charge on any atom is -0.507 e. The van der Waals surface area contributed by atoms with Gasteiger partial charge in [0, 0.05) is 17.5 Å². The number of hydrogen-bond donors (Lipinski definition) is 2. The van der Waals surface area contributed by atoms with Crippen LogP contribution in [0.5, 0.6) is 5.75 Å². The van der Waals surface area contributed by atoms with Crippen molar-refractivity contribution < 1.29 is 9.90 Å². The summed E-state index contributed by atoms with van der Waals surface area (Å²) in [6.45, 7) is 2.64. The fraction of sp³-hybridized carbons (Fsp3) is 0.167. The lowest BCUT2D eigenvalue weighted by molar-refractivity contribution is 0.0953. The topological polar surface area (TPSA) is 49.3 Å². The Kier molecular flexibility index (Phi) is 3.48. The third kappa shape index (κ3) is 2.55. The molecule has 2 N–H and O–H groups in total. The first kappa shape index (κ1) is 13.4. The lowest BCUT2D eigenvalue weighted by Crippen LogP contribution is -2.23. The maximum Gasteiger partial charge on any atom is 0.251 e. The number of fused-ring (bicyclic) bond motifs is 2. The molecular formula is C18H17NO2. The van der Waals surface area contributed by atoms with Crippen LogP contribution in [-0.4, -0.2) is 17.6 Å². The van der Waals surface area contributed by atoms with Gasteiger partial charge in [0.15, 0.2) is 0 Å². The number of hydrogen-bond acceptors (Lipinski definition) is 2. The second-order valence-corrected chi connectivity index (χ2v) is 5.17. The van der Waals surface area contributed by atoms with Gasteiger partial charge in [-0.3, -0.25) is 4.79 Å². The molecule has 3 rings (SSSR count). The van der Waals surface area contributed by atoms with Gasteiger partial charge in [-0.05, 0) is 46.8 Å². The lowest BCUT2D eigenvalue weighted by Gasteiger charge is -2.08. The number of nitrogens with one attached hydrogen (secondary N) is 1. The Hall–Kier alpha value is -2.55. The van der Waals surface area contributed by atoms with Crippen molar-refractivity contribution in [3.05, 3.63) is 54.1 Å². The molecule has 1 amide bonds. The monoisotopic (exact) mass is 279 g/mol. The molecule has 3 aromatic carbocycles. The molecule has 0 aliphatic carbocycles. The summed E-state index contributed by atoms with van der Waals surface area (Å²) in [6.07, 6.45) is 0.885. The molecular weight excluding hydrogens is 262 g/mol. The van der Waals surface area contributed by atoms with E-state index in [1.807, 2.05) is 49.4 Å². The zero-order valence-electron chi connectivity index (χ0n) is 11.9. The van der Waals surface area contributed by atoms with E-state index in [0.717, 1.165) is 28.0 Å². The molecule has 0 heterocycles. The van der Waals surface area contributed by atoms with Crippen molar-refractivity contribution >= 4 is 27.5 Å². The molecule has 0 saturated heterocycles. The van der Waals surface area contributed by atoms with Crippen molar-refractivity contribution in [3.63, 3.8) is 0 Å². The average molecular weight is 279 g/mol. The van der Waals surface area contributed by atoms with Crippen LogP contribution in [0.2, 0.25) is 0 Å². The van der Waals surface area contributed by atoms with Crippen LogP contribution in [0.25, 0.3) is 21.5 Å². The molecule has 0 atom stereocenters. The number of carbonyl (C=O) groups excluding carboxylic acids is 1. The quantitative estimate of drug-likeness (QED) is 0.716. The summed E-state index contributed by atoms with van der Waals surface area (Å²) in [5.41, 5.74) is 0.490. The van der Waals surface area contributed by atoms with Crippen molar-refractivity contribution in [2.24, 2.45) is 0 Å². The minimum atomic E-state index is -0.151. The van der Waals surface area contributed by atoms with Gasteiger partial charge in [0.2, 0.25) is 0 Å². The van der Waals surface area contributed by atoms with Crippen molar-refractivity contribution in [1.82, 2.24) is 5.32 Å². The highest BCUT2D eigenvalue weighted by Gasteiger charge is 2.10. The molecule has 0 radical (unpaired) electrons. The van der Waals surface area contributed by atoms with Gasteiger partial charge in [0.1, 0.15) is 5.75 Å². The van der Waals surface area contributed by atoms with Crippen molar-refractivity contribution in [3.8, 4) is 5.75 Å². The molecule has 0 aromatic heterocycles. The first-order valence-electron chi connectivity index (χ1n) is 7.13. The Morgan fingerprint density at radius 3 is 2.48 bits per heavy atom. The fourth-order valence-electron chi connectivity index (χ4n) is 2.51. The van der Waals surface area contributed by atoms with Crippen LogP contribution in [0.15, 0.2) is 48.5 Å². The van der Waals surface area contributed by atoms with E-state index in [0.29, 0.717) is 12.1 Å². The van der Waals surface area contributed by atoms with Crippen LogP contribution in [0.1, 0.15) is 23.7 Å². The van der Waals surface area contributed by atoms with Crippen LogP contribution in [0.4, 0.5) is 0 Å². The molecule has 21 heavy (non-hydrogen) atoms. The summed E-state index contributed by atoms with van der Waals surface area (Å²) in [5, 5.41) is 16.8. The summed E-state index contributed by atoms with van der Waals surface area (Å²) in [7, 11) is 0. The molecule has 0 aliphatic rings. The van der Waals surface area contributed by atoms with Crippen LogP contribution >= 0.6 is 0 Å². The third-order valence-corrected chi connectivity index (χ3v) is 3.59. The Morgan fingerprint density at radius 2 is 1.76 bits per heavy atom. The number of amides is 1. The molecule has 3 heteroatoms.